The van der Waals surface area contributed by atoms with Crippen molar-refractivity contribution in [3.05, 3.63) is 47.7 Å². The monoisotopic (exact) mass is 646 g/mol. The summed E-state index contributed by atoms with van der Waals surface area (Å²) in [6.45, 7) is 3.78. The Bertz CT molecular complexity index is 1630. The number of methoxy groups -OCH3 is 1. The number of amides is 1. The van der Waals surface area contributed by atoms with Gasteiger partial charge in [-0.2, -0.15) is 0 Å². The van der Waals surface area contributed by atoms with Crippen molar-refractivity contribution in [2.24, 2.45) is 28.6 Å². The van der Waals surface area contributed by atoms with E-state index in [0.29, 0.717) is 31.1 Å². The Hall–Kier alpha value is -3.79. The minimum absolute atomic E-state index is 0.00200. The lowest BCUT2D eigenvalue weighted by Crippen LogP contribution is -2.58. The number of Topliss-reactive ketones (excluding diaryl/α,β-unsaturated/α-hetero) is 1. The van der Waals surface area contributed by atoms with Crippen molar-refractivity contribution >= 4 is 40.3 Å². The topological polar surface area (TPSA) is 152 Å². The van der Waals surface area contributed by atoms with E-state index in [9.17, 15) is 29.1 Å². The summed E-state index contributed by atoms with van der Waals surface area (Å²) in [5, 5.41) is 15.5. The third-order valence-electron chi connectivity index (χ3n) is 12.4. The van der Waals surface area contributed by atoms with Gasteiger partial charge in [0.15, 0.2) is 12.4 Å². The van der Waals surface area contributed by atoms with Gasteiger partial charge in [-0.05, 0) is 85.8 Å². The number of fused-ring (bicyclic) bond motifs is 6. The molecular weight excluding hydrogens is 600 g/mol. The van der Waals surface area contributed by atoms with E-state index in [1.165, 1.54) is 12.7 Å². The Labute approximate surface area is 275 Å². The van der Waals surface area contributed by atoms with Gasteiger partial charge in [0.05, 0.1) is 13.5 Å². The number of aliphatic hydroxyl groups is 1. The van der Waals surface area contributed by atoms with Crippen molar-refractivity contribution in [3.63, 3.8) is 0 Å². The molecule has 7 atom stereocenters. The standard InChI is InChI=1S/C37H46N2O8/c1-35-15-12-24(40)19-23(35)8-9-26-27(35)13-16-36(2)28(26)14-17-37(36,45)31(41)21-47-33(43)11-10-32(42)39-30(34(44)46-3)18-22-20-38-29-7-5-4-6-25(22)29/h4-7,19-20,26-28,30,38,45H,8-18,21H2,1-3H3,(H,39,42)/t26-,27+,28+,30?,35+,36+,37+/m1/s1. The van der Waals surface area contributed by atoms with Crippen molar-refractivity contribution in [2.45, 2.75) is 96.1 Å². The molecule has 0 spiro atoms. The maximum absolute atomic E-state index is 13.5. The van der Waals surface area contributed by atoms with Crippen molar-refractivity contribution in [2.75, 3.05) is 13.7 Å². The average molecular weight is 647 g/mol. The molecule has 1 aromatic carbocycles. The van der Waals surface area contributed by atoms with Crippen LogP contribution in [0.3, 0.4) is 0 Å². The number of ketones is 2. The fraction of sp³-hybridized carbons (Fsp3) is 0.595. The molecule has 10 heteroatoms. The number of ether oxygens (including phenoxy) is 2. The number of esters is 2. The van der Waals surface area contributed by atoms with E-state index >= 15 is 0 Å². The number of carbonyl (C=O) groups is 5. The number of para-hydroxylation sites is 1. The first-order chi connectivity index (χ1) is 22.4. The number of aromatic nitrogens is 1. The van der Waals surface area contributed by atoms with Crippen LogP contribution in [0.4, 0.5) is 0 Å². The number of H-pyrrole nitrogens is 1. The minimum Gasteiger partial charge on any atom is -0.467 e. The van der Waals surface area contributed by atoms with E-state index in [2.05, 4.69) is 17.2 Å². The van der Waals surface area contributed by atoms with E-state index in [4.69, 9.17) is 9.47 Å². The number of allylic oxidation sites excluding steroid dienone is 1. The number of hydrogen-bond acceptors (Lipinski definition) is 8. The van der Waals surface area contributed by atoms with Crippen LogP contribution in [-0.4, -0.2) is 64.9 Å². The van der Waals surface area contributed by atoms with Gasteiger partial charge >= 0.3 is 11.9 Å². The Balaban J connectivity index is 1.02. The van der Waals surface area contributed by atoms with Gasteiger partial charge in [-0.15, -0.1) is 0 Å². The van der Waals surface area contributed by atoms with Crippen LogP contribution in [0.5, 0.6) is 0 Å². The lowest BCUT2D eigenvalue weighted by atomic mass is 9.46. The van der Waals surface area contributed by atoms with Gasteiger partial charge in [0.1, 0.15) is 11.6 Å². The smallest absolute Gasteiger partial charge is 0.328 e. The molecule has 4 aliphatic carbocycles. The Morgan fingerprint density at radius 1 is 1.02 bits per heavy atom. The molecule has 0 saturated heterocycles. The molecule has 2 aromatic rings. The summed E-state index contributed by atoms with van der Waals surface area (Å²) < 4.78 is 10.2. The molecule has 0 bridgehead atoms. The van der Waals surface area contributed by atoms with Crippen LogP contribution in [0.2, 0.25) is 0 Å². The number of carbonyl (C=O) groups excluding carboxylic acids is 5. The zero-order valence-electron chi connectivity index (χ0n) is 27.6. The summed E-state index contributed by atoms with van der Waals surface area (Å²) in [7, 11) is 1.25. The molecule has 3 saturated carbocycles. The largest absolute Gasteiger partial charge is 0.467 e. The maximum atomic E-state index is 13.5. The summed E-state index contributed by atoms with van der Waals surface area (Å²) in [4.78, 5) is 66.7. The number of benzene rings is 1. The minimum atomic E-state index is -1.59. The van der Waals surface area contributed by atoms with Crippen LogP contribution >= 0.6 is 0 Å². The first kappa shape index (κ1) is 33.1. The van der Waals surface area contributed by atoms with Crippen molar-refractivity contribution in [3.8, 4) is 0 Å². The molecule has 47 heavy (non-hydrogen) atoms. The molecule has 10 nitrogen and oxygen atoms in total. The molecule has 3 fully saturated rings. The normalized spacial score (nSPS) is 32.0. The Morgan fingerprint density at radius 3 is 2.57 bits per heavy atom. The van der Waals surface area contributed by atoms with Gasteiger partial charge < -0.3 is 24.9 Å². The highest BCUT2D eigenvalue weighted by atomic mass is 16.5. The van der Waals surface area contributed by atoms with Gasteiger partial charge in [-0.1, -0.05) is 37.6 Å². The van der Waals surface area contributed by atoms with Gasteiger partial charge in [0, 0.05) is 41.8 Å². The van der Waals surface area contributed by atoms with Crippen molar-refractivity contribution in [1.82, 2.24) is 10.3 Å². The molecule has 252 valence electrons. The predicted molar refractivity (Wildman–Crippen MR) is 173 cm³/mol. The quantitative estimate of drug-likeness (QED) is 0.319. The summed E-state index contributed by atoms with van der Waals surface area (Å²) >= 11 is 0. The van der Waals surface area contributed by atoms with Crippen LogP contribution in [0.25, 0.3) is 10.9 Å². The van der Waals surface area contributed by atoms with Crippen LogP contribution < -0.4 is 5.32 Å². The van der Waals surface area contributed by atoms with E-state index < -0.39 is 47.3 Å². The summed E-state index contributed by atoms with van der Waals surface area (Å²) in [6, 6.07) is 6.68. The van der Waals surface area contributed by atoms with Crippen LogP contribution in [-0.2, 0) is 39.9 Å². The number of hydrogen-bond donors (Lipinski definition) is 3. The highest BCUT2D eigenvalue weighted by Crippen LogP contribution is 2.67. The summed E-state index contributed by atoms with van der Waals surface area (Å²) in [5.74, 6) is -1.14. The second-order valence-electron chi connectivity index (χ2n) is 14.6. The van der Waals surface area contributed by atoms with E-state index in [1.807, 2.05) is 37.3 Å². The van der Waals surface area contributed by atoms with E-state index in [0.717, 1.165) is 48.6 Å². The highest BCUT2D eigenvalue weighted by Gasteiger charge is 2.66. The lowest BCUT2D eigenvalue weighted by Gasteiger charge is -2.58. The van der Waals surface area contributed by atoms with Gasteiger partial charge in [0.25, 0.3) is 0 Å². The van der Waals surface area contributed by atoms with Crippen LogP contribution in [0.1, 0.15) is 83.6 Å². The van der Waals surface area contributed by atoms with E-state index in [1.54, 1.807) is 6.20 Å². The number of nitrogens with one attached hydrogen (secondary N) is 2. The third kappa shape index (κ3) is 5.83. The van der Waals surface area contributed by atoms with Gasteiger partial charge in [-0.3, -0.25) is 19.2 Å². The predicted octanol–water partition coefficient (Wildman–Crippen LogP) is 4.52. The first-order valence-corrected chi connectivity index (χ1v) is 17.0. The van der Waals surface area contributed by atoms with Crippen molar-refractivity contribution < 1.29 is 38.6 Å². The third-order valence-corrected chi connectivity index (χ3v) is 12.4. The maximum Gasteiger partial charge on any atom is 0.328 e. The summed E-state index contributed by atoms with van der Waals surface area (Å²) in [6.07, 6.45) is 9.31. The summed E-state index contributed by atoms with van der Waals surface area (Å²) in [5.41, 5.74) is 0.819. The molecule has 1 aromatic heterocycles. The zero-order chi connectivity index (χ0) is 33.6. The SMILES string of the molecule is COC(=O)C(Cc1c[nH]c2ccccc12)NC(=O)CCC(=O)OCC(=O)[C@@]1(O)CC[C@H]2[C@@H]3CCC4=CC(=O)CC[C@]4(C)[C@H]3CC[C@@]21C. The van der Waals surface area contributed by atoms with Crippen LogP contribution in [0.15, 0.2) is 42.1 Å². The average Bonchev–Trinajstić information content (AvgIpc) is 3.60. The molecule has 3 N–H and O–H groups in total. The Morgan fingerprint density at radius 2 is 1.79 bits per heavy atom. The molecule has 0 radical (unpaired) electrons. The Kier molecular flexibility index (Phi) is 8.93. The molecule has 6 rings (SSSR count). The fourth-order valence-electron chi connectivity index (χ4n) is 9.71. The zero-order valence-corrected chi connectivity index (χ0v) is 27.6. The second kappa shape index (κ2) is 12.7. The molecular formula is C37H46N2O8. The highest BCUT2D eigenvalue weighted by molar-refractivity contribution is 5.93. The number of aromatic amines is 1. The van der Waals surface area contributed by atoms with Crippen molar-refractivity contribution in [1.29, 1.82) is 0 Å². The molecule has 1 amide bonds. The van der Waals surface area contributed by atoms with Gasteiger partial charge in [0.2, 0.25) is 11.7 Å². The van der Waals surface area contributed by atoms with Gasteiger partial charge in [-0.25, -0.2) is 4.79 Å². The van der Waals surface area contributed by atoms with Crippen LogP contribution in [0, 0.1) is 28.6 Å². The number of rotatable bonds is 10. The lowest BCUT2D eigenvalue weighted by molar-refractivity contribution is -0.170. The molecule has 4 aliphatic rings. The fourth-order valence-corrected chi connectivity index (χ4v) is 9.71. The van der Waals surface area contributed by atoms with E-state index in [-0.39, 0.29) is 36.4 Å². The molecule has 1 heterocycles. The molecule has 1 unspecified atom stereocenters. The second-order valence-corrected chi connectivity index (χ2v) is 14.6. The molecule has 0 aliphatic heterocycles. The first-order valence-electron chi connectivity index (χ1n) is 17.0.